The number of carbonyl (C=O) groups is 1. The van der Waals surface area contributed by atoms with Gasteiger partial charge in [-0.05, 0) is 81.1 Å². The molecule has 1 N–H and O–H groups in total. The number of ether oxygens (including phenoxy) is 2. The molecule has 0 fully saturated rings. The van der Waals surface area contributed by atoms with Crippen LogP contribution in [-0.4, -0.2) is 29.6 Å². The zero-order valence-corrected chi connectivity index (χ0v) is 18.4. The fourth-order valence-electron chi connectivity index (χ4n) is 2.90. The molecule has 0 spiro atoms. The smallest absolute Gasteiger partial charge is 0.255 e. The van der Waals surface area contributed by atoms with Crippen molar-refractivity contribution in [3.8, 4) is 5.75 Å². The molecule has 6 nitrogen and oxygen atoms in total. The molecule has 2 aromatic carbocycles. The van der Waals surface area contributed by atoms with E-state index >= 15 is 0 Å². The van der Waals surface area contributed by atoms with E-state index in [1.807, 2.05) is 51.1 Å². The highest BCUT2D eigenvalue weighted by atomic mass is 32.2. The second-order valence-electron chi connectivity index (χ2n) is 6.68. The molecule has 0 unspecified atom stereocenters. The Hall–Kier alpha value is -2.90. The number of aryl methyl sites for hydroxylation is 2. The first-order chi connectivity index (χ1) is 14.5. The Morgan fingerprint density at radius 3 is 2.37 bits per heavy atom. The molecule has 30 heavy (non-hydrogen) atoms. The van der Waals surface area contributed by atoms with Crippen LogP contribution in [0.3, 0.4) is 0 Å². The lowest BCUT2D eigenvalue weighted by Gasteiger charge is -2.11. The third kappa shape index (κ3) is 5.81. The number of hydrogen-bond acceptors (Lipinski definition) is 6. The van der Waals surface area contributed by atoms with Crippen molar-refractivity contribution in [2.24, 2.45) is 0 Å². The zero-order valence-electron chi connectivity index (χ0n) is 17.6. The molecule has 0 saturated heterocycles. The molecule has 1 aromatic heterocycles. The van der Waals surface area contributed by atoms with Crippen LogP contribution in [0.1, 0.15) is 34.2 Å². The summed E-state index contributed by atoms with van der Waals surface area (Å²) in [5.74, 6) is 0.517. The van der Waals surface area contributed by atoms with Crippen LogP contribution in [0, 0.1) is 13.8 Å². The molecule has 0 aliphatic carbocycles. The van der Waals surface area contributed by atoms with Gasteiger partial charge in [0.15, 0.2) is 5.16 Å². The predicted octanol–water partition coefficient (Wildman–Crippen LogP) is 5.04. The van der Waals surface area contributed by atoms with Crippen molar-refractivity contribution >= 4 is 23.4 Å². The SMILES string of the molecule is CCOCc1cc(C(=O)Nc2ccc(Sc3nc(C)cc(C)n3)cc2)ccc1OC. The number of nitrogens with one attached hydrogen (secondary N) is 1. The Morgan fingerprint density at radius 2 is 1.73 bits per heavy atom. The molecule has 0 bridgehead atoms. The van der Waals surface area contributed by atoms with Gasteiger partial charge in [0.2, 0.25) is 0 Å². The van der Waals surface area contributed by atoms with Crippen LogP contribution >= 0.6 is 11.8 Å². The third-order valence-corrected chi connectivity index (χ3v) is 5.16. The molecule has 1 heterocycles. The number of benzene rings is 2. The lowest BCUT2D eigenvalue weighted by molar-refractivity contribution is 0.102. The van der Waals surface area contributed by atoms with Gasteiger partial charge in [0.1, 0.15) is 5.75 Å². The van der Waals surface area contributed by atoms with Crippen LogP contribution in [-0.2, 0) is 11.3 Å². The molecule has 0 aliphatic heterocycles. The van der Waals surface area contributed by atoms with Crippen molar-refractivity contribution in [2.45, 2.75) is 37.4 Å². The standard InChI is InChI=1S/C23H25N3O3S/c1-5-29-14-18-13-17(6-11-21(18)28-4)22(27)26-19-7-9-20(10-8-19)30-23-24-15(2)12-16(3)25-23/h6-13H,5,14H2,1-4H3,(H,26,27). The maximum Gasteiger partial charge on any atom is 0.255 e. The molecule has 0 radical (unpaired) electrons. The predicted molar refractivity (Wildman–Crippen MR) is 118 cm³/mol. The molecule has 3 aromatic rings. The van der Waals surface area contributed by atoms with Gasteiger partial charge >= 0.3 is 0 Å². The van der Waals surface area contributed by atoms with E-state index < -0.39 is 0 Å². The highest BCUT2D eigenvalue weighted by Crippen LogP contribution is 2.27. The van der Waals surface area contributed by atoms with E-state index in [-0.39, 0.29) is 5.91 Å². The van der Waals surface area contributed by atoms with Gasteiger partial charge in [0.05, 0.1) is 13.7 Å². The number of nitrogens with zero attached hydrogens (tertiary/aromatic N) is 2. The van der Waals surface area contributed by atoms with Crippen LogP contribution in [0.4, 0.5) is 5.69 Å². The highest BCUT2D eigenvalue weighted by Gasteiger charge is 2.11. The number of anilines is 1. The number of amides is 1. The maximum absolute atomic E-state index is 12.7. The van der Waals surface area contributed by atoms with Crippen molar-refractivity contribution in [1.29, 1.82) is 0 Å². The average Bonchev–Trinajstić information content (AvgIpc) is 2.72. The summed E-state index contributed by atoms with van der Waals surface area (Å²) in [5, 5.41) is 3.64. The summed E-state index contributed by atoms with van der Waals surface area (Å²) >= 11 is 1.49. The van der Waals surface area contributed by atoms with Crippen molar-refractivity contribution in [3.05, 3.63) is 71.0 Å². The molecule has 0 aliphatic rings. The molecule has 0 atom stereocenters. The molecular weight excluding hydrogens is 398 g/mol. The third-order valence-electron chi connectivity index (χ3n) is 4.29. The van der Waals surface area contributed by atoms with E-state index in [2.05, 4.69) is 15.3 Å². The Balaban J connectivity index is 1.68. The topological polar surface area (TPSA) is 73.3 Å². The largest absolute Gasteiger partial charge is 0.496 e. The number of rotatable bonds is 8. The van der Waals surface area contributed by atoms with Gasteiger partial charge in [-0.15, -0.1) is 0 Å². The van der Waals surface area contributed by atoms with Crippen LogP contribution in [0.5, 0.6) is 5.75 Å². The second kappa shape index (κ2) is 10.2. The van der Waals surface area contributed by atoms with Gasteiger partial charge in [-0.2, -0.15) is 0 Å². The van der Waals surface area contributed by atoms with Crippen molar-refractivity contribution < 1.29 is 14.3 Å². The maximum atomic E-state index is 12.7. The normalized spacial score (nSPS) is 10.7. The minimum Gasteiger partial charge on any atom is -0.496 e. The minimum absolute atomic E-state index is 0.187. The fraction of sp³-hybridized carbons (Fsp3) is 0.261. The van der Waals surface area contributed by atoms with Crippen molar-refractivity contribution in [2.75, 3.05) is 19.0 Å². The molecule has 3 rings (SSSR count). The van der Waals surface area contributed by atoms with Gasteiger partial charge in [-0.25, -0.2) is 9.97 Å². The number of carbonyl (C=O) groups excluding carboxylic acids is 1. The van der Waals surface area contributed by atoms with Crippen molar-refractivity contribution in [1.82, 2.24) is 9.97 Å². The van der Waals surface area contributed by atoms with E-state index in [1.54, 1.807) is 25.3 Å². The summed E-state index contributed by atoms with van der Waals surface area (Å²) in [5.41, 5.74) is 3.99. The number of hydrogen-bond donors (Lipinski definition) is 1. The van der Waals surface area contributed by atoms with Crippen LogP contribution in [0.2, 0.25) is 0 Å². The second-order valence-corrected chi connectivity index (χ2v) is 7.72. The summed E-state index contributed by atoms with van der Waals surface area (Å²) < 4.78 is 10.8. The lowest BCUT2D eigenvalue weighted by atomic mass is 10.1. The summed E-state index contributed by atoms with van der Waals surface area (Å²) in [7, 11) is 1.60. The van der Waals surface area contributed by atoms with Gasteiger partial charge in [0.25, 0.3) is 5.91 Å². The van der Waals surface area contributed by atoms with E-state index in [1.165, 1.54) is 11.8 Å². The van der Waals surface area contributed by atoms with Gasteiger partial charge in [0, 0.05) is 39.7 Å². The average molecular weight is 424 g/mol. The Bertz CT molecular complexity index is 1000. The molecular formula is C23H25N3O3S. The summed E-state index contributed by atoms with van der Waals surface area (Å²) in [6.07, 6.45) is 0. The number of methoxy groups -OCH3 is 1. The first-order valence-corrected chi connectivity index (χ1v) is 10.5. The summed E-state index contributed by atoms with van der Waals surface area (Å²) in [4.78, 5) is 22.6. The van der Waals surface area contributed by atoms with Crippen molar-refractivity contribution in [3.63, 3.8) is 0 Å². The van der Waals surface area contributed by atoms with Gasteiger partial charge < -0.3 is 14.8 Å². The minimum atomic E-state index is -0.187. The Labute approximate surface area is 181 Å². The zero-order chi connectivity index (χ0) is 21.5. The van der Waals surface area contributed by atoms with Crippen LogP contribution in [0.15, 0.2) is 58.6 Å². The van der Waals surface area contributed by atoms with E-state index in [4.69, 9.17) is 9.47 Å². The molecule has 1 amide bonds. The van der Waals surface area contributed by atoms with E-state index in [0.717, 1.165) is 21.8 Å². The first kappa shape index (κ1) is 21.8. The van der Waals surface area contributed by atoms with E-state index in [0.29, 0.717) is 35.4 Å². The number of aromatic nitrogens is 2. The first-order valence-electron chi connectivity index (χ1n) is 9.64. The van der Waals surface area contributed by atoms with Crippen LogP contribution < -0.4 is 10.1 Å². The van der Waals surface area contributed by atoms with Gasteiger partial charge in [-0.3, -0.25) is 4.79 Å². The van der Waals surface area contributed by atoms with Gasteiger partial charge in [-0.1, -0.05) is 0 Å². The van der Waals surface area contributed by atoms with E-state index in [9.17, 15) is 4.79 Å². The quantitative estimate of drug-likeness (QED) is 0.512. The monoisotopic (exact) mass is 423 g/mol. The Kier molecular flexibility index (Phi) is 7.43. The molecule has 156 valence electrons. The molecule has 7 heteroatoms. The lowest BCUT2D eigenvalue weighted by Crippen LogP contribution is -2.12. The highest BCUT2D eigenvalue weighted by molar-refractivity contribution is 7.99. The molecule has 0 saturated carbocycles. The Morgan fingerprint density at radius 1 is 1.03 bits per heavy atom. The summed E-state index contributed by atoms with van der Waals surface area (Å²) in [6, 6.07) is 14.9. The summed E-state index contributed by atoms with van der Waals surface area (Å²) in [6.45, 7) is 6.83. The van der Waals surface area contributed by atoms with Crippen LogP contribution in [0.25, 0.3) is 0 Å². The fourth-order valence-corrected chi connectivity index (χ4v) is 3.76.